The van der Waals surface area contributed by atoms with E-state index >= 15 is 0 Å². The molecule has 18 heavy (non-hydrogen) atoms. The number of aromatic nitrogens is 1. The van der Waals surface area contributed by atoms with Crippen LogP contribution in [0.3, 0.4) is 0 Å². The number of halogens is 3. The lowest BCUT2D eigenvalue weighted by Crippen LogP contribution is -2.31. The molecule has 1 heterocycles. The van der Waals surface area contributed by atoms with Gasteiger partial charge >= 0.3 is 12.1 Å². The zero-order valence-corrected chi connectivity index (χ0v) is 9.78. The van der Waals surface area contributed by atoms with Gasteiger partial charge in [-0.15, -0.1) is 0 Å². The first-order valence-electron chi connectivity index (χ1n) is 5.03. The molecule has 0 aliphatic heterocycles. The van der Waals surface area contributed by atoms with Gasteiger partial charge in [-0.25, -0.2) is 4.98 Å². The molecule has 0 radical (unpaired) electrons. The Labute approximate surface area is 101 Å². The van der Waals surface area contributed by atoms with Crippen LogP contribution >= 0.6 is 0 Å². The van der Waals surface area contributed by atoms with Crippen molar-refractivity contribution < 1.29 is 27.8 Å². The number of hydrogen-bond donors (Lipinski definition) is 1. The van der Waals surface area contributed by atoms with Crippen molar-refractivity contribution >= 4 is 5.97 Å². The second-order valence-corrected chi connectivity index (χ2v) is 4.33. The number of carbonyl (C=O) groups is 1. The van der Waals surface area contributed by atoms with Crippen LogP contribution in [0.15, 0.2) is 18.3 Å². The molecule has 0 aliphatic carbocycles. The number of hydrogen-bond acceptors (Lipinski definition) is 3. The van der Waals surface area contributed by atoms with Crippen molar-refractivity contribution in [1.29, 1.82) is 0 Å². The topological polar surface area (TPSA) is 59.4 Å². The first-order chi connectivity index (χ1) is 8.14. The highest BCUT2D eigenvalue weighted by Gasteiger charge is 2.36. The van der Waals surface area contributed by atoms with Gasteiger partial charge in [-0.05, 0) is 26.0 Å². The van der Waals surface area contributed by atoms with Gasteiger partial charge in [0.1, 0.15) is 12.2 Å². The third kappa shape index (κ3) is 3.35. The molecule has 0 bridgehead atoms. The average Bonchev–Trinajstić information content (AvgIpc) is 2.25. The Balaban J connectivity index is 2.90. The minimum atomic E-state index is -4.59. The van der Waals surface area contributed by atoms with Crippen LogP contribution in [-0.4, -0.2) is 22.7 Å². The highest BCUT2D eigenvalue weighted by Crippen LogP contribution is 2.35. The Hall–Kier alpha value is -1.79. The van der Waals surface area contributed by atoms with Crippen LogP contribution in [0.2, 0.25) is 0 Å². The van der Waals surface area contributed by atoms with E-state index in [1.807, 2.05) is 0 Å². The van der Waals surface area contributed by atoms with Crippen LogP contribution in [0.1, 0.15) is 19.4 Å². The lowest BCUT2D eigenvalue weighted by Gasteiger charge is -2.20. The zero-order valence-electron chi connectivity index (χ0n) is 9.78. The van der Waals surface area contributed by atoms with Crippen molar-refractivity contribution in [2.75, 3.05) is 6.61 Å². The van der Waals surface area contributed by atoms with Gasteiger partial charge in [0, 0.05) is 6.20 Å². The summed E-state index contributed by atoms with van der Waals surface area (Å²) in [6.07, 6.45) is -3.44. The molecule has 0 unspecified atom stereocenters. The van der Waals surface area contributed by atoms with Gasteiger partial charge in [0.25, 0.3) is 0 Å². The quantitative estimate of drug-likeness (QED) is 0.907. The fourth-order valence-electron chi connectivity index (χ4n) is 1.03. The number of pyridine rings is 1. The standard InChI is InChI=1S/C11H12F3NO3/c1-10(2,9(16)17)6-18-8-7(11(12,13)14)4-3-5-15-8/h3-5H,6H2,1-2H3,(H,16,17). The van der Waals surface area contributed by atoms with Gasteiger partial charge in [-0.2, -0.15) is 13.2 Å². The maximum atomic E-state index is 12.6. The van der Waals surface area contributed by atoms with E-state index in [4.69, 9.17) is 9.84 Å². The summed E-state index contributed by atoms with van der Waals surface area (Å²) in [5.74, 6) is -1.77. The lowest BCUT2D eigenvalue weighted by atomic mass is 9.95. The summed E-state index contributed by atoms with van der Waals surface area (Å²) in [7, 11) is 0. The van der Waals surface area contributed by atoms with Gasteiger partial charge in [-0.1, -0.05) is 0 Å². The molecule has 0 spiro atoms. The van der Waals surface area contributed by atoms with E-state index in [0.29, 0.717) is 0 Å². The Morgan fingerprint density at radius 3 is 2.56 bits per heavy atom. The largest absolute Gasteiger partial charge is 0.481 e. The highest BCUT2D eigenvalue weighted by atomic mass is 19.4. The van der Waals surface area contributed by atoms with E-state index < -0.39 is 35.6 Å². The predicted octanol–water partition coefficient (Wildman–Crippen LogP) is 2.59. The molecule has 0 saturated heterocycles. The number of carboxylic acids is 1. The Morgan fingerprint density at radius 1 is 1.44 bits per heavy atom. The molecular weight excluding hydrogens is 251 g/mol. The van der Waals surface area contributed by atoms with Crippen molar-refractivity contribution in [2.45, 2.75) is 20.0 Å². The van der Waals surface area contributed by atoms with E-state index in [9.17, 15) is 18.0 Å². The summed E-state index contributed by atoms with van der Waals surface area (Å²) in [5.41, 5.74) is -2.31. The van der Waals surface area contributed by atoms with Crippen molar-refractivity contribution in [1.82, 2.24) is 4.98 Å². The van der Waals surface area contributed by atoms with Crippen molar-refractivity contribution in [2.24, 2.45) is 5.41 Å². The van der Waals surface area contributed by atoms with Gasteiger partial charge in [-0.3, -0.25) is 4.79 Å². The van der Waals surface area contributed by atoms with E-state index in [-0.39, 0.29) is 0 Å². The lowest BCUT2D eigenvalue weighted by molar-refractivity contribution is -0.148. The number of ether oxygens (including phenoxy) is 1. The second kappa shape index (κ2) is 4.83. The zero-order chi connectivity index (χ0) is 14.0. The summed E-state index contributed by atoms with van der Waals surface area (Å²) in [6, 6.07) is 1.97. The SMILES string of the molecule is CC(C)(COc1ncccc1C(F)(F)F)C(=O)O. The minimum Gasteiger partial charge on any atom is -0.481 e. The summed E-state index contributed by atoms with van der Waals surface area (Å²) in [6.45, 7) is 2.31. The fraction of sp³-hybridized carbons (Fsp3) is 0.455. The third-order valence-corrected chi connectivity index (χ3v) is 2.23. The predicted molar refractivity (Wildman–Crippen MR) is 56.2 cm³/mol. The smallest absolute Gasteiger partial charge is 0.421 e. The van der Waals surface area contributed by atoms with E-state index in [1.54, 1.807) is 0 Å². The molecule has 1 N–H and O–H groups in total. The minimum absolute atomic E-state index is 0.400. The molecule has 0 atom stereocenters. The van der Waals surface area contributed by atoms with Crippen LogP contribution in [0, 0.1) is 5.41 Å². The highest BCUT2D eigenvalue weighted by molar-refractivity contribution is 5.73. The fourth-order valence-corrected chi connectivity index (χ4v) is 1.03. The van der Waals surface area contributed by atoms with Gasteiger partial charge in [0.2, 0.25) is 5.88 Å². The first-order valence-corrected chi connectivity index (χ1v) is 5.03. The molecule has 0 aromatic carbocycles. The maximum absolute atomic E-state index is 12.6. The monoisotopic (exact) mass is 263 g/mol. The molecular formula is C11H12F3NO3. The summed E-state index contributed by atoms with van der Waals surface area (Å²) < 4.78 is 42.6. The molecule has 0 saturated carbocycles. The summed E-state index contributed by atoms with van der Waals surface area (Å²) in [4.78, 5) is 14.3. The number of carboxylic acid groups (broad SMARTS) is 1. The van der Waals surface area contributed by atoms with Crippen LogP contribution in [0.5, 0.6) is 5.88 Å². The van der Waals surface area contributed by atoms with Gasteiger partial charge in [0.15, 0.2) is 0 Å². The van der Waals surface area contributed by atoms with Gasteiger partial charge in [0.05, 0.1) is 5.41 Å². The molecule has 0 amide bonds. The third-order valence-electron chi connectivity index (χ3n) is 2.23. The summed E-state index contributed by atoms with van der Waals surface area (Å²) >= 11 is 0. The van der Waals surface area contributed by atoms with Crippen LogP contribution < -0.4 is 4.74 Å². The van der Waals surface area contributed by atoms with E-state index in [0.717, 1.165) is 18.3 Å². The van der Waals surface area contributed by atoms with Crippen molar-refractivity contribution in [3.63, 3.8) is 0 Å². The number of alkyl halides is 3. The molecule has 1 rings (SSSR count). The summed E-state index contributed by atoms with van der Waals surface area (Å²) in [5, 5.41) is 8.83. The normalized spacial score (nSPS) is 12.3. The average molecular weight is 263 g/mol. The molecule has 1 aromatic heterocycles. The molecule has 0 fully saturated rings. The Kier molecular flexibility index (Phi) is 3.83. The number of aliphatic carboxylic acids is 1. The number of nitrogens with zero attached hydrogens (tertiary/aromatic N) is 1. The van der Waals surface area contributed by atoms with Gasteiger partial charge < -0.3 is 9.84 Å². The molecule has 4 nitrogen and oxygen atoms in total. The maximum Gasteiger partial charge on any atom is 0.421 e. The molecule has 1 aromatic rings. The Bertz CT molecular complexity index is 443. The molecule has 7 heteroatoms. The van der Waals surface area contributed by atoms with Crippen LogP contribution in [0.25, 0.3) is 0 Å². The Morgan fingerprint density at radius 2 is 2.06 bits per heavy atom. The molecule has 100 valence electrons. The van der Waals surface area contributed by atoms with Crippen molar-refractivity contribution in [3.8, 4) is 5.88 Å². The van der Waals surface area contributed by atoms with Crippen LogP contribution in [0.4, 0.5) is 13.2 Å². The second-order valence-electron chi connectivity index (χ2n) is 4.33. The van der Waals surface area contributed by atoms with Crippen molar-refractivity contribution in [3.05, 3.63) is 23.9 Å². The first kappa shape index (κ1) is 14.3. The van der Waals surface area contributed by atoms with Crippen LogP contribution in [-0.2, 0) is 11.0 Å². The van der Waals surface area contributed by atoms with E-state index in [2.05, 4.69) is 4.98 Å². The van der Waals surface area contributed by atoms with E-state index in [1.165, 1.54) is 13.8 Å². The molecule has 0 aliphatic rings. The number of rotatable bonds is 4.